The second kappa shape index (κ2) is 7.03. The van der Waals surface area contributed by atoms with Crippen LogP contribution < -0.4 is 11.4 Å². The molecule has 0 aliphatic carbocycles. The quantitative estimate of drug-likeness (QED) is 0.491. The van der Waals surface area contributed by atoms with Gasteiger partial charge in [0.15, 0.2) is 0 Å². The first-order valence-electron chi connectivity index (χ1n) is 9.66. The van der Waals surface area contributed by atoms with E-state index in [0.29, 0.717) is 41.7 Å². The summed E-state index contributed by atoms with van der Waals surface area (Å²) in [5.74, 6) is -1.38. The molecule has 5 nitrogen and oxygen atoms in total. The molecule has 3 heterocycles. The van der Waals surface area contributed by atoms with E-state index in [1.807, 2.05) is 30.3 Å². The van der Waals surface area contributed by atoms with Crippen LogP contribution in [0.3, 0.4) is 0 Å². The molecular weight excluding hydrogens is 386 g/mol. The monoisotopic (exact) mass is 404 g/mol. The first kappa shape index (κ1) is 18.4. The summed E-state index contributed by atoms with van der Waals surface area (Å²) in [6.45, 7) is 0.788. The molecule has 2 N–H and O–H groups in total. The predicted molar refractivity (Wildman–Crippen MR) is 113 cm³/mol. The van der Waals surface area contributed by atoms with Gasteiger partial charge in [-0.1, -0.05) is 18.2 Å². The van der Waals surface area contributed by atoms with E-state index in [2.05, 4.69) is 4.98 Å². The van der Waals surface area contributed by atoms with E-state index in [0.717, 1.165) is 22.4 Å². The molecule has 0 atom stereocenters. The lowest BCUT2D eigenvalue weighted by Crippen LogP contribution is -2.28. The van der Waals surface area contributed by atoms with Crippen LogP contribution in [0.1, 0.15) is 6.42 Å². The van der Waals surface area contributed by atoms with Crippen LogP contribution in [0.5, 0.6) is 0 Å². The van der Waals surface area contributed by atoms with Crippen LogP contribution in [0.2, 0.25) is 0 Å². The molecule has 2 aromatic carbocycles. The smallest absolute Gasteiger partial charge is 0.330 e. The van der Waals surface area contributed by atoms with Gasteiger partial charge in [0, 0.05) is 41.3 Å². The van der Waals surface area contributed by atoms with Crippen molar-refractivity contribution < 1.29 is 8.78 Å². The number of nitrogens with zero attached hydrogens (tertiary/aromatic N) is 3. The minimum atomic E-state index is -0.688. The van der Waals surface area contributed by atoms with Crippen LogP contribution in [0.4, 0.5) is 8.78 Å². The maximum atomic E-state index is 13.9. The molecular formula is C23H18F2N4O. The van der Waals surface area contributed by atoms with Crippen LogP contribution >= 0.6 is 0 Å². The summed E-state index contributed by atoms with van der Waals surface area (Å²) in [4.78, 5) is 17.9. The Morgan fingerprint density at radius 1 is 0.967 bits per heavy atom. The van der Waals surface area contributed by atoms with Gasteiger partial charge in [-0.25, -0.2) is 13.6 Å². The molecule has 0 radical (unpaired) electrons. The minimum absolute atomic E-state index is 0.225. The number of aryl methyl sites for hydroxylation is 1. The van der Waals surface area contributed by atoms with E-state index in [1.54, 1.807) is 15.2 Å². The van der Waals surface area contributed by atoms with Crippen LogP contribution in [0.15, 0.2) is 65.7 Å². The fourth-order valence-corrected chi connectivity index (χ4v) is 4.08. The summed E-state index contributed by atoms with van der Waals surface area (Å²) >= 11 is 0. The Kier molecular flexibility index (Phi) is 4.33. The van der Waals surface area contributed by atoms with Crippen LogP contribution in [0.25, 0.3) is 38.4 Å². The summed E-state index contributed by atoms with van der Waals surface area (Å²) in [6.07, 6.45) is 3.80. The lowest BCUT2D eigenvalue weighted by Gasteiger charge is -2.16. The van der Waals surface area contributed by atoms with E-state index in [4.69, 9.17) is 5.73 Å². The number of halogens is 2. The summed E-state index contributed by atoms with van der Waals surface area (Å²) in [5, 5.41) is 1.65. The Morgan fingerprint density at radius 3 is 2.50 bits per heavy atom. The largest absolute Gasteiger partial charge is 0.333 e. The van der Waals surface area contributed by atoms with E-state index in [9.17, 15) is 13.6 Å². The zero-order chi connectivity index (χ0) is 20.8. The molecule has 0 saturated carbocycles. The molecule has 0 spiro atoms. The number of rotatable bonds is 4. The SMILES string of the molecule is NCCCn1c(=O)n2c3ccccc3cc2c2cncc(-c3cc(F)cc(F)c3)c21. The molecule has 0 aliphatic heterocycles. The first-order valence-corrected chi connectivity index (χ1v) is 9.66. The third kappa shape index (κ3) is 2.78. The predicted octanol–water partition coefficient (Wildman–Crippen LogP) is 4.10. The van der Waals surface area contributed by atoms with Gasteiger partial charge in [-0.2, -0.15) is 0 Å². The second-order valence-corrected chi connectivity index (χ2v) is 7.24. The third-order valence-electron chi connectivity index (χ3n) is 5.36. The van der Waals surface area contributed by atoms with Gasteiger partial charge in [-0.05, 0) is 42.8 Å². The molecule has 0 amide bonds. The maximum absolute atomic E-state index is 13.9. The second-order valence-electron chi connectivity index (χ2n) is 7.24. The lowest BCUT2D eigenvalue weighted by atomic mass is 10.0. The van der Waals surface area contributed by atoms with E-state index < -0.39 is 11.6 Å². The fourth-order valence-electron chi connectivity index (χ4n) is 4.08. The standard InChI is InChI=1S/C23H18F2N4O/c24-16-8-15(9-17(25)11-16)18-12-27-13-19-21-10-14-4-1-2-5-20(14)29(21)23(30)28(22(18)19)7-3-6-26/h1-2,4-5,8-13H,3,6-7,26H2. The van der Waals surface area contributed by atoms with E-state index in [-0.39, 0.29) is 5.69 Å². The molecule has 30 heavy (non-hydrogen) atoms. The van der Waals surface area contributed by atoms with E-state index >= 15 is 0 Å². The summed E-state index contributed by atoms with van der Waals surface area (Å²) in [5.41, 5.74) is 8.38. The number of aromatic nitrogens is 3. The van der Waals surface area contributed by atoms with Gasteiger partial charge in [0.2, 0.25) is 0 Å². The van der Waals surface area contributed by atoms with Gasteiger partial charge in [-0.15, -0.1) is 0 Å². The Morgan fingerprint density at radius 2 is 1.73 bits per heavy atom. The average molecular weight is 404 g/mol. The molecule has 0 bridgehead atoms. The summed E-state index contributed by atoms with van der Waals surface area (Å²) < 4.78 is 31.2. The molecule has 0 saturated heterocycles. The van der Waals surface area contributed by atoms with Crippen LogP contribution in [0, 0.1) is 11.6 Å². The van der Waals surface area contributed by atoms with Gasteiger partial charge in [0.25, 0.3) is 0 Å². The van der Waals surface area contributed by atoms with Crippen molar-refractivity contribution in [2.45, 2.75) is 13.0 Å². The molecule has 0 unspecified atom stereocenters. The zero-order valence-corrected chi connectivity index (χ0v) is 16.0. The molecule has 5 rings (SSSR count). The molecule has 7 heteroatoms. The van der Waals surface area contributed by atoms with Crippen molar-refractivity contribution >= 4 is 27.3 Å². The van der Waals surface area contributed by atoms with Crippen molar-refractivity contribution in [3.63, 3.8) is 0 Å². The number of para-hydroxylation sites is 1. The highest BCUT2D eigenvalue weighted by Crippen LogP contribution is 2.32. The number of nitrogens with two attached hydrogens (primary N) is 1. The Balaban J connectivity index is 1.97. The Labute approximate surface area is 170 Å². The molecule has 3 aromatic heterocycles. The molecule has 0 fully saturated rings. The van der Waals surface area contributed by atoms with Crippen molar-refractivity contribution in [3.05, 3.63) is 83.0 Å². The highest BCUT2D eigenvalue weighted by atomic mass is 19.1. The summed E-state index contributed by atoms with van der Waals surface area (Å²) in [6, 6.07) is 12.9. The van der Waals surface area contributed by atoms with Gasteiger partial charge >= 0.3 is 5.69 Å². The van der Waals surface area contributed by atoms with Crippen molar-refractivity contribution in [1.29, 1.82) is 0 Å². The van der Waals surface area contributed by atoms with Crippen molar-refractivity contribution in [2.24, 2.45) is 5.73 Å². The van der Waals surface area contributed by atoms with Gasteiger partial charge < -0.3 is 5.73 Å². The van der Waals surface area contributed by atoms with Crippen molar-refractivity contribution in [2.75, 3.05) is 6.54 Å². The lowest BCUT2D eigenvalue weighted by molar-refractivity contribution is 0.584. The normalized spacial score (nSPS) is 11.7. The van der Waals surface area contributed by atoms with Gasteiger partial charge in [-0.3, -0.25) is 14.0 Å². The fraction of sp³-hybridized carbons (Fsp3) is 0.130. The minimum Gasteiger partial charge on any atom is -0.330 e. The average Bonchev–Trinajstić information content (AvgIpc) is 3.13. The topological polar surface area (TPSA) is 65.3 Å². The first-order chi connectivity index (χ1) is 14.6. The number of hydrogen-bond acceptors (Lipinski definition) is 3. The van der Waals surface area contributed by atoms with Crippen molar-refractivity contribution in [3.8, 4) is 11.1 Å². The Hall–Kier alpha value is -3.58. The highest BCUT2D eigenvalue weighted by molar-refractivity contribution is 6.05. The van der Waals surface area contributed by atoms with E-state index in [1.165, 1.54) is 18.3 Å². The number of fused-ring (bicyclic) bond motifs is 5. The van der Waals surface area contributed by atoms with Crippen molar-refractivity contribution in [1.82, 2.24) is 14.0 Å². The maximum Gasteiger partial charge on any atom is 0.333 e. The van der Waals surface area contributed by atoms with Gasteiger partial charge in [0.1, 0.15) is 11.6 Å². The van der Waals surface area contributed by atoms with Crippen LogP contribution in [-0.2, 0) is 6.54 Å². The van der Waals surface area contributed by atoms with Crippen LogP contribution in [-0.4, -0.2) is 20.5 Å². The zero-order valence-electron chi connectivity index (χ0n) is 16.0. The highest BCUT2D eigenvalue weighted by Gasteiger charge is 2.18. The molecule has 0 aliphatic rings. The number of pyridine rings is 1. The number of hydrogen-bond donors (Lipinski definition) is 1. The summed E-state index contributed by atoms with van der Waals surface area (Å²) in [7, 11) is 0. The van der Waals surface area contributed by atoms with Gasteiger partial charge in [0.05, 0.1) is 16.6 Å². The molecule has 5 aromatic rings. The number of benzene rings is 2. The third-order valence-corrected chi connectivity index (χ3v) is 5.36. The Bertz CT molecular complexity index is 1470. The molecule has 150 valence electrons.